The number of rotatable bonds is 8. The zero-order valence-corrected chi connectivity index (χ0v) is 20.5. The minimum absolute atomic E-state index is 0.298. The van der Waals surface area contributed by atoms with E-state index in [1.165, 1.54) is 11.6 Å². The molecular weight excluding hydrogens is 436 g/mol. The highest BCUT2D eigenvalue weighted by atomic mass is 16.5. The summed E-state index contributed by atoms with van der Waals surface area (Å²) in [7, 11) is 6.54. The molecule has 0 N–H and O–H groups in total. The predicted octanol–water partition coefficient (Wildman–Crippen LogP) is 1.05. The van der Waals surface area contributed by atoms with Crippen LogP contribution >= 0.6 is 0 Å². The number of aryl methyl sites for hydroxylation is 2. The van der Waals surface area contributed by atoms with Crippen LogP contribution in [-0.4, -0.2) is 75.4 Å². The number of nitrogens with zero attached hydrogens (tertiary/aromatic N) is 6. The molecular formula is C24H34N6O4. The van der Waals surface area contributed by atoms with E-state index in [9.17, 15) is 9.59 Å². The van der Waals surface area contributed by atoms with Crippen LogP contribution < -0.4 is 20.7 Å². The Balaban J connectivity index is 1.35. The molecule has 10 heteroatoms. The fraction of sp³-hybridized carbons (Fsp3) is 0.542. The average Bonchev–Trinajstić information content (AvgIpc) is 3.15. The maximum absolute atomic E-state index is 12.6. The molecule has 3 aromatic rings. The van der Waals surface area contributed by atoms with E-state index in [4.69, 9.17) is 9.47 Å². The van der Waals surface area contributed by atoms with Crippen molar-refractivity contribution in [3.8, 4) is 11.5 Å². The van der Waals surface area contributed by atoms with Gasteiger partial charge >= 0.3 is 5.69 Å². The van der Waals surface area contributed by atoms with Gasteiger partial charge in [-0.3, -0.25) is 18.8 Å². The van der Waals surface area contributed by atoms with Gasteiger partial charge in [0.1, 0.15) is 11.5 Å². The van der Waals surface area contributed by atoms with Crippen molar-refractivity contribution in [2.24, 2.45) is 14.1 Å². The minimum atomic E-state index is -0.359. The first-order chi connectivity index (χ1) is 16.4. The number of aromatic nitrogens is 4. The Morgan fingerprint density at radius 1 is 0.912 bits per heavy atom. The van der Waals surface area contributed by atoms with Crippen LogP contribution in [-0.2, 0) is 27.2 Å². The van der Waals surface area contributed by atoms with Gasteiger partial charge in [-0.2, -0.15) is 0 Å². The Hall–Kier alpha value is -3.11. The van der Waals surface area contributed by atoms with Gasteiger partial charge in [-0.05, 0) is 44.6 Å². The van der Waals surface area contributed by atoms with Crippen molar-refractivity contribution in [3.05, 3.63) is 50.9 Å². The molecule has 0 spiro atoms. The SMILES string of the molecule is COc1cccc(OC)c1CN1CCCN(CCCn2cnc3c2c(=O)n(C)c(=O)n3C)CC1. The largest absolute Gasteiger partial charge is 0.496 e. The van der Waals surface area contributed by atoms with Crippen LogP contribution in [0, 0.1) is 0 Å². The third-order valence-electron chi connectivity index (χ3n) is 6.68. The Kier molecular flexibility index (Phi) is 7.38. The first-order valence-electron chi connectivity index (χ1n) is 11.7. The third kappa shape index (κ3) is 4.74. The molecule has 0 aliphatic carbocycles. The molecule has 0 unspecified atom stereocenters. The lowest BCUT2D eigenvalue weighted by molar-refractivity contribution is 0.243. The topological polar surface area (TPSA) is 86.8 Å². The maximum atomic E-state index is 12.6. The van der Waals surface area contributed by atoms with Crippen molar-refractivity contribution < 1.29 is 9.47 Å². The van der Waals surface area contributed by atoms with E-state index in [0.717, 1.165) is 73.7 Å². The molecule has 1 aliphatic rings. The number of hydrogen-bond donors (Lipinski definition) is 0. The molecule has 4 rings (SSSR count). The van der Waals surface area contributed by atoms with E-state index in [1.807, 2.05) is 22.8 Å². The number of benzene rings is 1. The summed E-state index contributed by atoms with van der Waals surface area (Å²) in [6, 6.07) is 5.91. The van der Waals surface area contributed by atoms with Gasteiger partial charge in [0.2, 0.25) is 0 Å². The van der Waals surface area contributed by atoms with E-state index < -0.39 is 0 Å². The zero-order chi connectivity index (χ0) is 24.2. The maximum Gasteiger partial charge on any atom is 0.332 e. The van der Waals surface area contributed by atoms with Gasteiger partial charge in [0.15, 0.2) is 11.2 Å². The van der Waals surface area contributed by atoms with Crippen LogP contribution in [0.15, 0.2) is 34.1 Å². The van der Waals surface area contributed by atoms with Gasteiger partial charge in [0, 0.05) is 40.3 Å². The van der Waals surface area contributed by atoms with Crippen LogP contribution in [0.3, 0.4) is 0 Å². The number of methoxy groups -OCH3 is 2. The second kappa shape index (κ2) is 10.4. The molecule has 0 atom stereocenters. The second-order valence-electron chi connectivity index (χ2n) is 8.78. The fourth-order valence-corrected chi connectivity index (χ4v) is 4.74. The van der Waals surface area contributed by atoms with Crippen LogP contribution in [0.2, 0.25) is 0 Å². The molecule has 184 valence electrons. The molecule has 0 amide bonds. The van der Waals surface area contributed by atoms with Crippen molar-refractivity contribution in [2.45, 2.75) is 25.9 Å². The fourth-order valence-electron chi connectivity index (χ4n) is 4.74. The van der Waals surface area contributed by atoms with Gasteiger partial charge in [-0.15, -0.1) is 0 Å². The summed E-state index contributed by atoms with van der Waals surface area (Å²) in [5, 5.41) is 0. The molecule has 2 aromatic heterocycles. The average molecular weight is 471 g/mol. The van der Waals surface area contributed by atoms with E-state index in [0.29, 0.717) is 17.7 Å². The molecule has 0 radical (unpaired) electrons. The predicted molar refractivity (Wildman–Crippen MR) is 131 cm³/mol. The van der Waals surface area contributed by atoms with Crippen molar-refractivity contribution in [3.63, 3.8) is 0 Å². The van der Waals surface area contributed by atoms with Crippen LogP contribution in [0.1, 0.15) is 18.4 Å². The molecule has 1 aliphatic heterocycles. The standard InChI is InChI=1S/C24H34N6O4/c1-26-22-21(23(31)27(2)24(26)32)30(17-25-22)13-7-11-28-10-6-12-29(15-14-28)16-18-19(33-3)8-5-9-20(18)34-4/h5,8-9,17H,6-7,10-16H2,1-4H3. The van der Waals surface area contributed by atoms with Crippen LogP contribution in [0.5, 0.6) is 11.5 Å². The van der Waals surface area contributed by atoms with Gasteiger partial charge in [-0.25, -0.2) is 9.78 Å². The summed E-state index contributed by atoms with van der Waals surface area (Å²) in [6.07, 6.45) is 3.65. The summed E-state index contributed by atoms with van der Waals surface area (Å²) in [6.45, 7) is 6.44. The number of hydrogen-bond acceptors (Lipinski definition) is 7. The Bertz CT molecular complexity index is 1240. The van der Waals surface area contributed by atoms with Crippen molar-refractivity contribution >= 4 is 11.2 Å². The quantitative estimate of drug-likeness (QED) is 0.486. The zero-order valence-electron chi connectivity index (χ0n) is 20.5. The van der Waals surface area contributed by atoms with Gasteiger partial charge in [0.05, 0.1) is 26.1 Å². The summed E-state index contributed by atoms with van der Waals surface area (Å²) < 4.78 is 15.6. The number of imidazole rings is 1. The van der Waals surface area contributed by atoms with E-state index in [2.05, 4.69) is 14.8 Å². The number of fused-ring (bicyclic) bond motifs is 1. The first-order valence-corrected chi connectivity index (χ1v) is 11.7. The van der Waals surface area contributed by atoms with Crippen molar-refractivity contribution in [1.29, 1.82) is 0 Å². The van der Waals surface area contributed by atoms with Crippen LogP contribution in [0.25, 0.3) is 11.2 Å². The highest BCUT2D eigenvalue weighted by Crippen LogP contribution is 2.29. The molecule has 1 aromatic carbocycles. The smallest absolute Gasteiger partial charge is 0.332 e. The third-order valence-corrected chi connectivity index (χ3v) is 6.68. The van der Waals surface area contributed by atoms with Gasteiger partial charge < -0.3 is 18.9 Å². The Morgan fingerprint density at radius 2 is 1.59 bits per heavy atom. The van der Waals surface area contributed by atoms with E-state index in [-0.39, 0.29) is 11.2 Å². The Morgan fingerprint density at radius 3 is 2.29 bits per heavy atom. The summed E-state index contributed by atoms with van der Waals surface area (Å²) >= 11 is 0. The van der Waals surface area contributed by atoms with Crippen LogP contribution in [0.4, 0.5) is 0 Å². The first kappa shape index (κ1) is 24.0. The normalized spacial score (nSPS) is 15.5. The highest BCUT2D eigenvalue weighted by molar-refractivity contribution is 5.69. The monoisotopic (exact) mass is 470 g/mol. The lowest BCUT2D eigenvalue weighted by Gasteiger charge is -2.23. The molecule has 10 nitrogen and oxygen atoms in total. The molecule has 1 saturated heterocycles. The highest BCUT2D eigenvalue weighted by Gasteiger charge is 2.19. The minimum Gasteiger partial charge on any atom is -0.496 e. The summed E-state index contributed by atoms with van der Waals surface area (Å²) in [5.41, 5.74) is 1.35. The lowest BCUT2D eigenvalue weighted by atomic mass is 10.1. The second-order valence-corrected chi connectivity index (χ2v) is 8.78. The molecule has 1 fully saturated rings. The van der Waals surface area contributed by atoms with E-state index in [1.54, 1.807) is 27.6 Å². The van der Waals surface area contributed by atoms with E-state index >= 15 is 0 Å². The lowest BCUT2D eigenvalue weighted by Crippen LogP contribution is -2.37. The van der Waals surface area contributed by atoms with Crippen molar-refractivity contribution in [1.82, 2.24) is 28.5 Å². The molecule has 0 bridgehead atoms. The van der Waals surface area contributed by atoms with Crippen molar-refractivity contribution in [2.75, 3.05) is 46.9 Å². The van der Waals surface area contributed by atoms with Gasteiger partial charge in [0.25, 0.3) is 5.56 Å². The molecule has 34 heavy (non-hydrogen) atoms. The Labute approximate surface area is 198 Å². The molecule has 3 heterocycles. The summed E-state index contributed by atoms with van der Waals surface area (Å²) in [5.74, 6) is 1.72. The van der Waals surface area contributed by atoms with Gasteiger partial charge in [-0.1, -0.05) is 6.07 Å². The summed E-state index contributed by atoms with van der Waals surface area (Å²) in [4.78, 5) is 34.0. The molecule has 0 saturated carbocycles. The number of ether oxygens (including phenoxy) is 2.